The highest BCUT2D eigenvalue weighted by atomic mass is 127. The summed E-state index contributed by atoms with van der Waals surface area (Å²) in [5.74, 6) is 0.426. The van der Waals surface area contributed by atoms with Gasteiger partial charge in [-0.05, 0) is 65.6 Å². The van der Waals surface area contributed by atoms with Gasteiger partial charge in [0, 0.05) is 31.0 Å². The van der Waals surface area contributed by atoms with Gasteiger partial charge in [-0.3, -0.25) is 9.59 Å². The summed E-state index contributed by atoms with van der Waals surface area (Å²) in [5.41, 5.74) is 1.06. The molecular weight excluding hydrogens is 591 g/mol. The summed E-state index contributed by atoms with van der Waals surface area (Å²) in [6, 6.07) is 2.82. The maximum Gasteiger partial charge on any atom is 0.247 e. The Hall–Kier alpha value is -1.89. The molecule has 1 aromatic carbocycles. The zero-order valence-corrected chi connectivity index (χ0v) is 23.8. The number of amides is 2. The smallest absolute Gasteiger partial charge is 0.247 e. The summed E-state index contributed by atoms with van der Waals surface area (Å²) in [4.78, 5) is 28.3. The lowest BCUT2D eigenvalue weighted by atomic mass is 9.87. The van der Waals surface area contributed by atoms with Crippen LogP contribution in [0.3, 0.4) is 0 Å². The quantitative estimate of drug-likeness (QED) is 0.262. The molecule has 0 bridgehead atoms. The first-order valence-electron chi connectivity index (χ1n) is 13.1. The van der Waals surface area contributed by atoms with Crippen LogP contribution in [0.4, 0.5) is 0 Å². The lowest BCUT2D eigenvalue weighted by molar-refractivity contribution is -0.142. The van der Waals surface area contributed by atoms with Crippen LogP contribution in [0.15, 0.2) is 23.8 Å². The summed E-state index contributed by atoms with van der Waals surface area (Å²) >= 11 is 2.08. The molecule has 206 valence electrons. The van der Waals surface area contributed by atoms with Crippen LogP contribution in [-0.4, -0.2) is 76.6 Å². The van der Waals surface area contributed by atoms with Crippen molar-refractivity contribution in [3.05, 3.63) is 32.9 Å². The van der Waals surface area contributed by atoms with Crippen LogP contribution in [0.5, 0.6) is 11.5 Å². The van der Waals surface area contributed by atoms with Gasteiger partial charge in [0.25, 0.3) is 0 Å². The van der Waals surface area contributed by atoms with Crippen molar-refractivity contribution in [3.8, 4) is 11.5 Å². The Bertz CT molecular complexity index is 964. The van der Waals surface area contributed by atoms with Crippen molar-refractivity contribution < 1.29 is 34.4 Å². The number of nitrogens with zero attached hydrogens (tertiary/aromatic N) is 1. The summed E-state index contributed by atoms with van der Waals surface area (Å²) in [7, 11) is 1.50. The molecule has 2 aliphatic rings. The average molecular weight is 631 g/mol. The SMILES string of the molecule is CCCCC(=O)N(C1CCCC1)C1CC(C(=O)NCCO)=CC(Oc2c(I)cc(CO)cc2OC)C1O. The number of carbonyl (C=O) groups is 2. The molecule has 0 spiro atoms. The van der Waals surface area contributed by atoms with E-state index in [1.165, 1.54) is 7.11 Å². The second kappa shape index (κ2) is 14.3. The molecule has 3 rings (SSSR count). The summed E-state index contributed by atoms with van der Waals surface area (Å²) in [6.45, 7) is 1.79. The Morgan fingerprint density at radius 3 is 2.57 bits per heavy atom. The van der Waals surface area contributed by atoms with Crippen LogP contribution in [-0.2, 0) is 16.2 Å². The van der Waals surface area contributed by atoms with Crippen molar-refractivity contribution in [3.63, 3.8) is 0 Å². The Balaban J connectivity index is 2.00. The number of unbranched alkanes of at least 4 members (excludes halogenated alkanes) is 1. The van der Waals surface area contributed by atoms with Crippen LogP contribution >= 0.6 is 22.6 Å². The number of carbonyl (C=O) groups excluding carboxylic acids is 2. The third kappa shape index (κ3) is 7.36. The number of methoxy groups -OCH3 is 1. The number of ether oxygens (including phenoxy) is 2. The van der Waals surface area contributed by atoms with Gasteiger partial charge < -0.3 is 35.0 Å². The fourth-order valence-corrected chi connectivity index (χ4v) is 5.95. The third-order valence-electron chi connectivity index (χ3n) is 7.05. The number of nitrogens with one attached hydrogen (secondary N) is 1. The van der Waals surface area contributed by atoms with Crippen LogP contribution in [0.25, 0.3) is 0 Å². The minimum Gasteiger partial charge on any atom is -0.493 e. The molecule has 1 saturated carbocycles. The topological polar surface area (TPSA) is 129 Å². The Labute approximate surface area is 232 Å². The molecule has 3 unspecified atom stereocenters. The molecular formula is C27H39IN2O7. The van der Waals surface area contributed by atoms with E-state index >= 15 is 0 Å². The average Bonchev–Trinajstić information content (AvgIpc) is 3.43. The lowest BCUT2D eigenvalue weighted by Gasteiger charge is -2.43. The molecule has 37 heavy (non-hydrogen) atoms. The zero-order chi connectivity index (χ0) is 26.9. The molecule has 2 aliphatic carbocycles. The summed E-state index contributed by atoms with van der Waals surface area (Å²) < 4.78 is 12.5. The first-order valence-corrected chi connectivity index (χ1v) is 14.1. The molecule has 1 aromatic rings. The van der Waals surface area contributed by atoms with Crippen LogP contribution < -0.4 is 14.8 Å². The van der Waals surface area contributed by atoms with Gasteiger partial charge in [-0.15, -0.1) is 0 Å². The molecule has 1 fully saturated rings. The minimum absolute atomic E-state index is 0.00646. The van der Waals surface area contributed by atoms with Gasteiger partial charge in [-0.1, -0.05) is 26.2 Å². The highest BCUT2D eigenvalue weighted by Gasteiger charge is 2.43. The number of rotatable bonds is 12. The van der Waals surface area contributed by atoms with E-state index in [2.05, 4.69) is 27.9 Å². The molecule has 3 atom stereocenters. The van der Waals surface area contributed by atoms with E-state index in [1.54, 1.807) is 18.2 Å². The fourth-order valence-electron chi connectivity index (χ4n) is 5.16. The van der Waals surface area contributed by atoms with E-state index in [0.717, 1.165) is 38.5 Å². The molecule has 0 saturated heterocycles. The van der Waals surface area contributed by atoms with Crippen molar-refractivity contribution in [2.75, 3.05) is 20.3 Å². The summed E-state index contributed by atoms with van der Waals surface area (Å²) in [5, 5.41) is 33.1. The number of aliphatic hydroxyl groups is 3. The third-order valence-corrected chi connectivity index (χ3v) is 7.85. The van der Waals surface area contributed by atoms with Gasteiger partial charge in [0.1, 0.15) is 12.2 Å². The predicted octanol–water partition coefficient (Wildman–Crippen LogP) is 2.67. The maximum absolute atomic E-state index is 13.4. The van der Waals surface area contributed by atoms with Crippen molar-refractivity contribution >= 4 is 34.4 Å². The minimum atomic E-state index is -1.07. The van der Waals surface area contributed by atoms with E-state index in [9.17, 15) is 24.9 Å². The zero-order valence-electron chi connectivity index (χ0n) is 21.6. The van der Waals surface area contributed by atoms with E-state index in [0.29, 0.717) is 32.6 Å². The number of halogens is 1. The highest BCUT2D eigenvalue weighted by Crippen LogP contribution is 2.38. The van der Waals surface area contributed by atoms with Gasteiger partial charge >= 0.3 is 0 Å². The summed E-state index contributed by atoms with van der Waals surface area (Å²) in [6.07, 6.45) is 5.65. The van der Waals surface area contributed by atoms with Crippen LogP contribution in [0.1, 0.15) is 63.9 Å². The van der Waals surface area contributed by atoms with Crippen LogP contribution in [0.2, 0.25) is 0 Å². The molecule has 9 nitrogen and oxygen atoms in total. The molecule has 0 aliphatic heterocycles. The fraction of sp³-hybridized carbons (Fsp3) is 0.630. The largest absolute Gasteiger partial charge is 0.493 e. The molecule has 10 heteroatoms. The van der Waals surface area contributed by atoms with E-state index in [1.807, 2.05) is 11.8 Å². The van der Waals surface area contributed by atoms with Crippen molar-refractivity contribution in [2.45, 2.75) is 89.2 Å². The lowest BCUT2D eigenvalue weighted by Crippen LogP contribution is -2.57. The van der Waals surface area contributed by atoms with Crippen molar-refractivity contribution in [1.29, 1.82) is 0 Å². The Kier molecular flexibility index (Phi) is 11.5. The van der Waals surface area contributed by atoms with Gasteiger partial charge in [-0.25, -0.2) is 0 Å². The van der Waals surface area contributed by atoms with Crippen molar-refractivity contribution in [1.82, 2.24) is 10.2 Å². The number of benzene rings is 1. The standard InChI is InChI=1S/C27H39IN2O7/c1-3-4-9-24(33)30(19-7-5-6-8-19)21-14-18(27(35)29-10-11-31)15-22(25(21)34)37-26-20(28)12-17(16-32)13-23(26)36-2/h12-13,15,19,21-22,25,31-32,34H,3-11,14,16H2,1-2H3,(H,29,35). The second-order valence-electron chi connectivity index (χ2n) is 9.63. The molecule has 4 N–H and O–H groups in total. The first-order chi connectivity index (χ1) is 17.8. The normalized spacial score (nSPS) is 21.9. The van der Waals surface area contributed by atoms with E-state index in [-0.39, 0.29) is 44.0 Å². The molecule has 2 amide bonds. The number of aliphatic hydroxyl groups excluding tert-OH is 3. The highest BCUT2D eigenvalue weighted by molar-refractivity contribution is 14.1. The number of hydrogen-bond donors (Lipinski definition) is 4. The van der Waals surface area contributed by atoms with Gasteiger partial charge in [0.2, 0.25) is 11.8 Å². The Morgan fingerprint density at radius 1 is 1.22 bits per heavy atom. The van der Waals surface area contributed by atoms with E-state index < -0.39 is 18.2 Å². The monoisotopic (exact) mass is 630 g/mol. The Morgan fingerprint density at radius 2 is 1.95 bits per heavy atom. The molecule has 0 heterocycles. The maximum atomic E-state index is 13.4. The van der Waals surface area contributed by atoms with Gasteiger partial charge in [-0.2, -0.15) is 0 Å². The number of hydrogen-bond acceptors (Lipinski definition) is 7. The predicted molar refractivity (Wildman–Crippen MR) is 147 cm³/mol. The molecule has 0 radical (unpaired) electrons. The first kappa shape index (κ1) is 29.7. The van der Waals surface area contributed by atoms with Crippen molar-refractivity contribution in [2.24, 2.45) is 0 Å². The van der Waals surface area contributed by atoms with Gasteiger partial charge in [0.15, 0.2) is 11.5 Å². The van der Waals surface area contributed by atoms with E-state index in [4.69, 9.17) is 9.47 Å². The second-order valence-corrected chi connectivity index (χ2v) is 10.8. The van der Waals surface area contributed by atoms with Gasteiger partial charge in [0.05, 0.1) is 29.9 Å². The molecule has 0 aromatic heterocycles. The van der Waals surface area contributed by atoms with Crippen LogP contribution in [0, 0.1) is 3.57 Å².